The average molecular weight is 514 g/mol. The summed E-state index contributed by atoms with van der Waals surface area (Å²) in [5, 5.41) is 18.4. The van der Waals surface area contributed by atoms with Gasteiger partial charge in [-0.1, -0.05) is 36.4 Å². The van der Waals surface area contributed by atoms with E-state index in [4.69, 9.17) is 26.4 Å². The minimum atomic E-state index is -0.298. The zero-order chi connectivity index (χ0) is 25.9. The average Bonchev–Trinajstić information content (AvgIpc) is 3.37. The van der Waals surface area contributed by atoms with Crippen LogP contribution in [0, 0.1) is 0 Å². The molecule has 4 aromatic rings. The Morgan fingerprint density at radius 3 is 2.27 bits per heavy atom. The van der Waals surface area contributed by atoms with Gasteiger partial charge in [0, 0.05) is 11.1 Å². The van der Waals surface area contributed by atoms with Crippen LogP contribution in [0.5, 0.6) is 23.0 Å². The van der Waals surface area contributed by atoms with E-state index in [2.05, 4.69) is 16.8 Å². The molecule has 0 saturated carbocycles. The lowest BCUT2D eigenvalue weighted by Crippen LogP contribution is -2.42. The van der Waals surface area contributed by atoms with Crippen LogP contribution in [0.15, 0.2) is 84.9 Å². The quantitative estimate of drug-likeness (QED) is 0.277. The van der Waals surface area contributed by atoms with Crippen LogP contribution < -0.4 is 25.0 Å². The number of nitrogens with one attached hydrogen (secondary N) is 2. The maximum Gasteiger partial charge on any atom is 0.193 e. The van der Waals surface area contributed by atoms with Crippen molar-refractivity contribution in [1.82, 2.24) is 10.4 Å². The summed E-state index contributed by atoms with van der Waals surface area (Å²) in [6.45, 7) is 0. The topological polar surface area (TPSA) is 75.2 Å². The van der Waals surface area contributed by atoms with Crippen LogP contribution in [0.3, 0.4) is 0 Å². The molecule has 0 amide bonds. The molecule has 0 bridgehead atoms. The van der Waals surface area contributed by atoms with Gasteiger partial charge in [0.15, 0.2) is 5.11 Å². The maximum atomic E-state index is 10.7. The minimum absolute atomic E-state index is 0.104. The number of hydrogen-bond donors (Lipinski definition) is 3. The molecule has 1 aliphatic heterocycles. The SMILES string of the molecule is COc1ccc(NC(=S)N2NC(c3c(O)cccc3OC)=CC2c2ccc(OC)c3ccccc23)cc1. The number of anilines is 1. The van der Waals surface area contributed by atoms with E-state index >= 15 is 0 Å². The molecule has 37 heavy (non-hydrogen) atoms. The van der Waals surface area contributed by atoms with Crippen molar-refractivity contribution in [2.24, 2.45) is 0 Å². The van der Waals surface area contributed by atoms with Crippen LogP contribution in [0.1, 0.15) is 17.2 Å². The maximum absolute atomic E-state index is 10.7. The largest absolute Gasteiger partial charge is 0.507 e. The standard InChI is InChI=1S/C29H27N3O4S/c1-34-19-13-11-18(12-14-19)30-29(37)32-24(17-23(31-32)28-25(33)9-6-10-27(28)36-3)21-15-16-26(35-2)22-8-5-4-7-20(21)22/h4-17,24,31,33H,1-3H3,(H,30,37). The monoisotopic (exact) mass is 513 g/mol. The van der Waals surface area contributed by atoms with E-state index in [0.717, 1.165) is 33.5 Å². The van der Waals surface area contributed by atoms with E-state index < -0.39 is 0 Å². The van der Waals surface area contributed by atoms with Crippen LogP contribution in [0.2, 0.25) is 0 Å². The Labute approximate surface area is 220 Å². The fraction of sp³-hybridized carbons (Fsp3) is 0.138. The molecule has 7 nitrogen and oxygen atoms in total. The van der Waals surface area contributed by atoms with Crippen molar-refractivity contribution in [3.8, 4) is 23.0 Å². The molecule has 3 N–H and O–H groups in total. The highest BCUT2D eigenvalue weighted by Gasteiger charge is 2.32. The highest BCUT2D eigenvalue weighted by atomic mass is 32.1. The highest BCUT2D eigenvalue weighted by Crippen LogP contribution is 2.42. The molecule has 1 aliphatic rings. The van der Waals surface area contributed by atoms with Gasteiger partial charge in [-0.2, -0.15) is 0 Å². The minimum Gasteiger partial charge on any atom is -0.507 e. The first kappa shape index (κ1) is 24.3. The van der Waals surface area contributed by atoms with Crippen LogP contribution in [0.25, 0.3) is 16.5 Å². The number of phenolic OH excluding ortho intramolecular Hbond substituents is 1. The molecule has 1 heterocycles. The lowest BCUT2D eigenvalue weighted by molar-refractivity contribution is 0.347. The number of ether oxygens (including phenoxy) is 3. The molecule has 0 radical (unpaired) electrons. The van der Waals surface area contributed by atoms with Gasteiger partial charge in [0.2, 0.25) is 0 Å². The van der Waals surface area contributed by atoms with Crippen molar-refractivity contribution in [2.75, 3.05) is 26.6 Å². The van der Waals surface area contributed by atoms with E-state index in [0.29, 0.717) is 22.1 Å². The van der Waals surface area contributed by atoms with Gasteiger partial charge in [-0.15, -0.1) is 0 Å². The Kier molecular flexibility index (Phi) is 6.74. The first-order chi connectivity index (χ1) is 18.0. The molecule has 0 aromatic heterocycles. The van der Waals surface area contributed by atoms with Crippen molar-refractivity contribution < 1.29 is 19.3 Å². The smallest absolute Gasteiger partial charge is 0.193 e. The van der Waals surface area contributed by atoms with Crippen molar-refractivity contribution in [3.63, 3.8) is 0 Å². The fourth-order valence-corrected chi connectivity index (χ4v) is 4.84. The summed E-state index contributed by atoms with van der Waals surface area (Å²) in [7, 11) is 4.88. The number of benzene rings is 4. The van der Waals surface area contributed by atoms with Gasteiger partial charge in [0.25, 0.3) is 0 Å². The number of hydrazine groups is 1. The second-order valence-electron chi connectivity index (χ2n) is 8.42. The van der Waals surface area contributed by atoms with Gasteiger partial charge in [0.05, 0.1) is 38.6 Å². The Hall–Kier alpha value is -4.43. The molecule has 0 saturated heterocycles. The summed E-state index contributed by atoms with van der Waals surface area (Å²) in [6, 6.07) is 24.5. The summed E-state index contributed by atoms with van der Waals surface area (Å²) in [5.74, 6) is 2.21. The predicted molar refractivity (Wildman–Crippen MR) is 150 cm³/mol. The normalized spacial score (nSPS) is 14.6. The van der Waals surface area contributed by atoms with Crippen molar-refractivity contribution in [3.05, 3.63) is 96.1 Å². The molecule has 8 heteroatoms. The number of aromatic hydroxyl groups is 1. The van der Waals surface area contributed by atoms with E-state index in [1.54, 1.807) is 33.5 Å². The molecule has 1 unspecified atom stereocenters. The van der Waals surface area contributed by atoms with Crippen LogP contribution in [0.4, 0.5) is 5.69 Å². The second-order valence-corrected chi connectivity index (χ2v) is 8.81. The zero-order valence-corrected chi connectivity index (χ0v) is 21.5. The molecule has 0 fully saturated rings. The first-order valence-electron chi connectivity index (χ1n) is 11.7. The summed E-state index contributed by atoms with van der Waals surface area (Å²) in [5.41, 5.74) is 6.48. The number of nitrogens with zero attached hydrogens (tertiary/aromatic N) is 1. The molecular formula is C29H27N3O4S. The van der Waals surface area contributed by atoms with Crippen molar-refractivity contribution in [1.29, 1.82) is 0 Å². The van der Waals surface area contributed by atoms with E-state index in [1.165, 1.54) is 0 Å². The first-order valence-corrected chi connectivity index (χ1v) is 12.1. The summed E-state index contributed by atoms with van der Waals surface area (Å²) in [4.78, 5) is 0. The number of phenols is 1. The number of fused-ring (bicyclic) bond motifs is 1. The van der Waals surface area contributed by atoms with Gasteiger partial charge in [-0.25, -0.2) is 0 Å². The van der Waals surface area contributed by atoms with Gasteiger partial charge in [-0.3, -0.25) is 10.4 Å². The molecule has 4 aromatic carbocycles. The van der Waals surface area contributed by atoms with E-state index in [1.807, 2.05) is 71.7 Å². The lowest BCUT2D eigenvalue weighted by Gasteiger charge is -2.29. The molecular weight excluding hydrogens is 486 g/mol. The number of methoxy groups -OCH3 is 3. The van der Waals surface area contributed by atoms with Crippen LogP contribution >= 0.6 is 12.2 Å². The van der Waals surface area contributed by atoms with E-state index in [9.17, 15) is 5.11 Å². The van der Waals surface area contributed by atoms with Crippen LogP contribution in [-0.4, -0.2) is 36.6 Å². The zero-order valence-electron chi connectivity index (χ0n) is 20.7. The van der Waals surface area contributed by atoms with Gasteiger partial charge in [0.1, 0.15) is 23.0 Å². The lowest BCUT2D eigenvalue weighted by atomic mass is 9.97. The highest BCUT2D eigenvalue weighted by molar-refractivity contribution is 7.80. The Balaban J connectivity index is 1.59. The molecule has 0 aliphatic carbocycles. The Morgan fingerprint density at radius 2 is 1.57 bits per heavy atom. The van der Waals surface area contributed by atoms with Crippen molar-refractivity contribution in [2.45, 2.75) is 6.04 Å². The fourth-order valence-electron chi connectivity index (χ4n) is 4.56. The summed E-state index contributed by atoms with van der Waals surface area (Å²) >= 11 is 5.87. The Bertz CT molecular complexity index is 1490. The third-order valence-corrected chi connectivity index (χ3v) is 6.65. The molecule has 1 atom stereocenters. The third-order valence-electron chi connectivity index (χ3n) is 6.35. The number of thiocarbonyl (C=S) groups is 1. The van der Waals surface area contributed by atoms with Crippen molar-refractivity contribution >= 4 is 39.5 Å². The van der Waals surface area contributed by atoms with E-state index in [-0.39, 0.29) is 11.8 Å². The van der Waals surface area contributed by atoms with Crippen LogP contribution in [-0.2, 0) is 0 Å². The summed E-state index contributed by atoms with van der Waals surface area (Å²) in [6.07, 6.45) is 2.04. The molecule has 0 spiro atoms. The van der Waals surface area contributed by atoms with Gasteiger partial charge in [-0.05, 0) is 71.7 Å². The molecule has 188 valence electrons. The number of rotatable bonds is 6. The third kappa shape index (κ3) is 4.59. The van der Waals surface area contributed by atoms with Gasteiger partial charge < -0.3 is 24.6 Å². The summed E-state index contributed by atoms with van der Waals surface area (Å²) < 4.78 is 16.4. The predicted octanol–water partition coefficient (Wildman–Crippen LogP) is 5.87. The molecule has 5 rings (SSSR count). The Morgan fingerprint density at radius 1 is 0.838 bits per heavy atom. The van der Waals surface area contributed by atoms with Gasteiger partial charge >= 0.3 is 0 Å². The number of hydrogen-bond acceptors (Lipinski definition) is 6. The second kappa shape index (κ2) is 10.3.